The quantitative estimate of drug-likeness (QED) is 0.380. The molecule has 0 unspecified atom stereocenters. The minimum Gasteiger partial charge on any atom is -0.379 e. The highest BCUT2D eigenvalue weighted by atomic mass is 32.2. The first-order valence-corrected chi connectivity index (χ1v) is 13.2. The standard InChI is InChI=1S/C24H23N3O5S2/c1-17-9-13-23(14-10-17)34(30,31)32-21-11-15-22(16-12-21)33(28,29)26-24-18(2)25-27(19(24)3)20-7-5-4-6-8-20/h4-16,26H,1-3H3. The number of hydrogen-bond acceptors (Lipinski definition) is 6. The summed E-state index contributed by atoms with van der Waals surface area (Å²) >= 11 is 0. The summed E-state index contributed by atoms with van der Waals surface area (Å²) in [6.45, 7) is 5.34. The fraction of sp³-hybridized carbons (Fsp3) is 0.125. The molecule has 176 valence electrons. The van der Waals surface area contributed by atoms with Gasteiger partial charge in [0, 0.05) is 0 Å². The molecular weight excluding hydrogens is 474 g/mol. The van der Waals surface area contributed by atoms with Gasteiger partial charge >= 0.3 is 10.1 Å². The molecule has 4 aromatic rings. The van der Waals surface area contributed by atoms with Crippen LogP contribution in [0.3, 0.4) is 0 Å². The number of aromatic nitrogens is 2. The molecule has 1 heterocycles. The number of para-hydroxylation sites is 1. The molecule has 0 aliphatic carbocycles. The maximum atomic E-state index is 13.0. The van der Waals surface area contributed by atoms with Crippen LogP contribution in [0.1, 0.15) is 17.0 Å². The lowest BCUT2D eigenvalue weighted by Crippen LogP contribution is -2.14. The highest BCUT2D eigenvalue weighted by Crippen LogP contribution is 2.27. The first kappa shape index (κ1) is 23.5. The van der Waals surface area contributed by atoms with E-state index in [1.54, 1.807) is 30.7 Å². The normalized spacial score (nSPS) is 11.9. The molecule has 3 aromatic carbocycles. The molecule has 0 bridgehead atoms. The number of sulfonamides is 1. The summed E-state index contributed by atoms with van der Waals surface area (Å²) in [5, 5.41) is 4.45. The van der Waals surface area contributed by atoms with Crippen LogP contribution in [0.15, 0.2) is 88.7 Å². The van der Waals surface area contributed by atoms with Gasteiger partial charge in [-0.1, -0.05) is 35.9 Å². The summed E-state index contributed by atoms with van der Waals surface area (Å²) in [6, 6.07) is 20.8. The second-order valence-electron chi connectivity index (χ2n) is 7.72. The van der Waals surface area contributed by atoms with Gasteiger partial charge < -0.3 is 4.18 Å². The van der Waals surface area contributed by atoms with E-state index in [4.69, 9.17) is 4.18 Å². The van der Waals surface area contributed by atoms with Crippen molar-refractivity contribution in [1.29, 1.82) is 0 Å². The van der Waals surface area contributed by atoms with Gasteiger partial charge in [-0.15, -0.1) is 0 Å². The number of nitrogens with one attached hydrogen (secondary N) is 1. The molecule has 10 heteroatoms. The van der Waals surface area contributed by atoms with Crippen LogP contribution in [0, 0.1) is 20.8 Å². The number of rotatable bonds is 7. The zero-order chi connectivity index (χ0) is 24.5. The predicted octanol–water partition coefficient (Wildman–Crippen LogP) is 4.37. The number of aryl methyl sites for hydroxylation is 2. The molecule has 0 aliphatic heterocycles. The molecule has 1 aromatic heterocycles. The second kappa shape index (κ2) is 8.96. The van der Waals surface area contributed by atoms with Crippen molar-refractivity contribution in [2.45, 2.75) is 30.6 Å². The van der Waals surface area contributed by atoms with Crippen LogP contribution in [0.2, 0.25) is 0 Å². The largest absolute Gasteiger partial charge is 0.379 e. The van der Waals surface area contributed by atoms with Gasteiger partial charge in [-0.05, 0) is 69.3 Å². The third-order valence-corrected chi connectivity index (χ3v) is 7.81. The summed E-state index contributed by atoms with van der Waals surface area (Å²) in [5.41, 5.74) is 3.27. The van der Waals surface area contributed by atoms with Gasteiger partial charge in [0.05, 0.1) is 27.7 Å². The molecule has 0 saturated heterocycles. The van der Waals surface area contributed by atoms with E-state index in [1.165, 1.54) is 36.4 Å². The van der Waals surface area contributed by atoms with E-state index in [0.717, 1.165) is 11.3 Å². The summed E-state index contributed by atoms with van der Waals surface area (Å²) in [5.74, 6) is 0.00350. The molecule has 0 aliphatic rings. The Balaban J connectivity index is 1.55. The maximum absolute atomic E-state index is 13.0. The molecule has 34 heavy (non-hydrogen) atoms. The van der Waals surface area contributed by atoms with E-state index < -0.39 is 20.1 Å². The maximum Gasteiger partial charge on any atom is 0.339 e. The van der Waals surface area contributed by atoms with Crippen LogP contribution in [-0.2, 0) is 20.1 Å². The van der Waals surface area contributed by atoms with Crippen LogP contribution in [0.25, 0.3) is 5.69 Å². The minimum absolute atomic E-state index is 0.00350. The van der Waals surface area contributed by atoms with E-state index in [2.05, 4.69) is 9.82 Å². The van der Waals surface area contributed by atoms with Crippen LogP contribution < -0.4 is 8.91 Å². The van der Waals surface area contributed by atoms with Gasteiger partial charge in [-0.3, -0.25) is 4.72 Å². The Hall–Kier alpha value is -3.63. The average molecular weight is 498 g/mol. The van der Waals surface area contributed by atoms with Crippen molar-refractivity contribution in [3.63, 3.8) is 0 Å². The van der Waals surface area contributed by atoms with Crippen molar-refractivity contribution >= 4 is 25.8 Å². The number of nitrogens with zero attached hydrogens (tertiary/aromatic N) is 2. The molecule has 0 fully saturated rings. The van der Waals surface area contributed by atoms with Gasteiger partial charge in [0.15, 0.2) is 0 Å². The van der Waals surface area contributed by atoms with Crippen LogP contribution in [-0.4, -0.2) is 26.6 Å². The Kier molecular flexibility index (Phi) is 6.20. The molecule has 1 N–H and O–H groups in total. The Bertz CT molecular complexity index is 1530. The number of benzene rings is 3. The monoisotopic (exact) mass is 497 g/mol. The molecular formula is C24H23N3O5S2. The highest BCUT2D eigenvalue weighted by molar-refractivity contribution is 7.92. The van der Waals surface area contributed by atoms with Crippen molar-refractivity contribution in [1.82, 2.24) is 9.78 Å². The van der Waals surface area contributed by atoms with Gasteiger partial charge in [0.25, 0.3) is 10.0 Å². The fourth-order valence-electron chi connectivity index (χ4n) is 3.36. The Labute approximate surface area is 199 Å². The Morgan fingerprint density at radius 2 is 1.35 bits per heavy atom. The van der Waals surface area contributed by atoms with Crippen molar-refractivity contribution in [3.8, 4) is 11.4 Å². The summed E-state index contributed by atoms with van der Waals surface area (Å²) in [7, 11) is -7.99. The first-order chi connectivity index (χ1) is 16.1. The van der Waals surface area contributed by atoms with Crippen molar-refractivity contribution in [3.05, 3.63) is 95.8 Å². The summed E-state index contributed by atoms with van der Waals surface area (Å²) in [6.07, 6.45) is 0. The van der Waals surface area contributed by atoms with E-state index >= 15 is 0 Å². The Morgan fingerprint density at radius 1 is 0.765 bits per heavy atom. The van der Waals surface area contributed by atoms with E-state index in [-0.39, 0.29) is 15.5 Å². The van der Waals surface area contributed by atoms with Crippen molar-refractivity contribution in [2.75, 3.05) is 4.72 Å². The average Bonchev–Trinajstić information content (AvgIpc) is 3.08. The third kappa shape index (κ3) is 4.82. The molecule has 8 nitrogen and oxygen atoms in total. The van der Waals surface area contributed by atoms with Crippen molar-refractivity contribution < 1.29 is 21.0 Å². The summed E-state index contributed by atoms with van der Waals surface area (Å²) < 4.78 is 60.3. The number of hydrogen-bond donors (Lipinski definition) is 1. The van der Waals surface area contributed by atoms with Gasteiger partial charge in [-0.25, -0.2) is 13.1 Å². The van der Waals surface area contributed by atoms with Gasteiger partial charge in [0.1, 0.15) is 10.6 Å². The Morgan fingerprint density at radius 3 is 1.97 bits per heavy atom. The number of anilines is 1. The van der Waals surface area contributed by atoms with E-state index in [0.29, 0.717) is 17.1 Å². The lowest BCUT2D eigenvalue weighted by atomic mass is 10.2. The fourth-order valence-corrected chi connectivity index (χ4v) is 5.46. The van der Waals surface area contributed by atoms with E-state index in [1.807, 2.05) is 37.3 Å². The van der Waals surface area contributed by atoms with Crippen molar-refractivity contribution in [2.24, 2.45) is 0 Å². The lowest BCUT2D eigenvalue weighted by molar-refractivity contribution is 0.486. The smallest absolute Gasteiger partial charge is 0.339 e. The van der Waals surface area contributed by atoms with Crippen LogP contribution in [0.4, 0.5) is 5.69 Å². The second-order valence-corrected chi connectivity index (χ2v) is 10.9. The molecule has 0 amide bonds. The zero-order valence-electron chi connectivity index (χ0n) is 18.8. The molecule has 0 saturated carbocycles. The lowest BCUT2D eigenvalue weighted by Gasteiger charge is -2.11. The molecule has 0 radical (unpaired) electrons. The van der Waals surface area contributed by atoms with Crippen LogP contribution in [0.5, 0.6) is 5.75 Å². The molecule has 4 rings (SSSR count). The minimum atomic E-state index is -4.04. The molecule has 0 spiro atoms. The highest BCUT2D eigenvalue weighted by Gasteiger charge is 2.22. The predicted molar refractivity (Wildman–Crippen MR) is 129 cm³/mol. The zero-order valence-corrected chi connectivity index (χ0v) is 20.4. The summed E-state index contributed by atoms with van der Waals surface area (Å²) in [4.78, 5) is -0.0308. The van der Waals surface area contributed by atoms with E-state index in [9.17, 15) is 16.8 Å². The molecule has 0 atom stereocenters. The SMILES string of the molecule is Cc1ccc(S(=O)(=O)Oc2ccc(S(=O)(=O)Nc3c(C)nn(-c4ccccc4)c3C)cc2)cc1. The van der Waals surface area contributed by atoms with Gasteiger partial charge in [0.2, 0.25) is 0 Å². The topological polar surface area (TPSA) is 107 Å². The third-order valence-electron chi connectivity index (χ3n) is 5.18. The first-order valence-electron chi connectivity index (χ1n) is 10.3. The van der Waals surface area contributed by atoms with Crippen LogP contribution >= 0.6 is 0 Å². The van der Waals surface area contributed by atoms with Gasteiger partial charge in [-0.2, -0.15) is 13.5 Å².